The average Bonchev–Trinajstić information content (AvgIpc) is 2.45. The molecule has 2 aromatic rings. The standard InChI is InChI=1S/C10H10OS2/c1-6-3-4-7-5-8(11)13-10(7)9(6)12-2/h3-5,11H,1-2H3. The van der Waals surface area contributed by atoms with Gasteiger partial charge in [0.2, 0.25) is 0 Å². The van der Waals surface area contributed by atoms with E-state index in [0.717, 1.165) is 5.39 Å². The fourth-order valence-corrected chi connectivity index (χ4v) is 3.38. The molecule has 0 fully saturated rings. The van der Waals surface area contributed by atoms with Crippen molar-refractivity contribution in [2.24, 2.45) is 0 Å². The number of hydrogen-bond acceptors (Lipinski definition) is 3. The Morgan fingerprint density at radius 2 is 2.15 bits per heavy atom. The minimum absolute atomic E-state index is 0.399. The van der Waals surface area contributed by atoms with Crippen molar-refractivity contribution in [2.45, 2.75) is 11.8 Å². The molecule has 0 radical (unpaired) electrons. The summed E-state index contributed by atoms with van der Waals surface area (Å²) in [6, 6.07) is 5.97. The molecule has 0 aliphatic carbocycles. The van der Waals surface area contributed by atoms with Gasteiger partial charge in [-0.3, -0.25) is 0 Å². The van der Waals surface area contributed by atoms with Crippen LogP contribution in [0.5, 0.6) is 5.06 Å². The van der Waals surface area contributed by atoms with E-state index in [-0.39, 0.29) is 0 Å². The van der Waals surface area contributed by atoms with Crippen molar-refractivity contribution < 1.29 is 5.11 Å². The second kappa shape index (κ2) is 3.24. The van der Waals surface area contributed by atoms with Gasteiger partial charge in [0, 0.05) is 4.90 Å². The zero-order valence-corrected chi connectivity index (χ0v) is 9.13. The summed E-state index contributed by atoms with van der Waals surface area (Å²) in [5.41, 5.74) is 1.28. The van der Waals surface area contributed by atoms with Gasteiger partial charge in [-0.2, -0.15) is 0 Å². The van der Waals surface area contributed by atoms with Crippen LogP contribution in [0.15, 0.2) is 23.1 Å². The molecule has 1 heterocycles. The van der Waals surface area contributed by atoms with E-state index in [4.69, 9.17) is 0 Å². The van der Waals surface area contributed by atoms with E-state index in [1.807, 2.05) is 6.07 Å². The van der Waals surface area contributed by atoms with Crippen LogP contribution in [-0.4, -0.2) is 11.4 Å². The van der Waals surface area contributed by atoms with Crippen LogP contribution < -0.4 is 0 Å². The van der Waals surface area contributed by atoms with Crippen molar-refractivity contribution in [3.63, 3.8) is 0 Å². The molecule has 0 saturated heterocycles. The van der Waals surface area contributed by atoms with E-state index in [9.17, 15) is 5.11 Å². The van der Waals surface area contributed by atoms with Gasteiger partial charge in [0.05, 0.1) is 4.70 Å². The molecule has 1 aromatic heterocycles. The van der Waals surface area contributed by atoms with E-state index >= 15 is 0 Å². The van der Waals surface area contributed by atoms with Gasteiger partial charge in [-0.15, -0.1) is 11.8 Å². The molecule has 0 bridgehead atoms. The molecule has 1 nitrogen and oxygen atoms in total. The Kier molecular flexibility index (Phi) is 2.22. The molecule has 0 unspecified atom stereocenters. The van der Waals surface area contributed by atoms with Gasteiger partial charge in [0.15, 0.2) is 5.06 Å². The average molecular weight is 210 g/mol. The highest BCUT2D eigenvalue weighted by atomic mass is 32.2. The smallest absolute Gasteiger partial charge is 0.172 e. The maximum absolute atomic E-state index is 9.38. The number of fused-ring (bicyclic) bond motifs is 1. The van der Waals surface area contributed by atoms with Crippen molar-refractivity contribution in [1.29, 1.82) is 0 Å². The third kappa shape index (κ3) is 1.42. The molecule has 3 heteroatoms. The topological polar surface area (TPSA) is 20.2 Å². The molecule has 1 aromatic carbocycles. The Morgan fingerprint density at radius 1 is 1.38 bits per heavy atom. The van der Waals surface area contributed by atoms with Gasteiger partial charge in [-0.1, -0.05) is 23.5 Å². The van der Waals surface area contributed by atoms with Crippen molar-refractivity contribution in [2.75, 3.05) is 6.26 Å². The van der Waals surface area contributed by atoms with E-state index in [2.05, 4.69) is 25.3 Å². The number of aromatic hydroxyl groups is 1. The first-order valence-electron chi connectivity index (χ1n) is 3.98. The fourth-order valence-electron chi connectivity index (χ4n) is 1.42. The van der Waals surface area contributed by atoms with Crippen LogP contribution in [0.4, 0.5) is 0 Å². The molecular formula is C10H10OS2. The summed E-state index contributed by atoms with van der Waals surface area (Å²) < 4.78 is 1.20. The number of aryl methyl sites for hydroxylation is 1. The highest BCUT2D eigenvalue weighted by Gasteiger charge is 2.07. The summed E-state index contributed by atoms with van der Waals surface area (Å²) in [5, 5.41) is 10.9. The first-order valence-corrected chi connectivity index (χ1v) is 6.02. The highest BCUT2D eigenvalue weighted by Crippen LogP contribution is 2.38. The highest BCUT2D eigenvalue weighted by molar-refractivity contribution is 7.99. The van der Waals surface area contributed by atoms with Gasteiger partial charge in [-0.05, 0) is 30.2 Å². The minimum Gasteiger partial charge on any atom is -0.499 e. The summed E-state index contributed by atoms with van der Waals surface area (Å²) >= 11 is 3.19. The quantitative estimate of drug-likeness (QED) is 0.725. The molecule has 68 valence electrons. The number of benzene rings is 1. The van der Waals surface area contributed by atoms with Crippen LogP contribution in [0.2, 0.25) is 0 Å². The lowest BCUT2D eigenvalue weighted by Gasteiger charge is -2.02. The molecule has 13 heavy (non-hydrogen) atoms. The number of hydrogen-bond donors (Lipinski definition) is 1. The Hall–Kier alpha value is -0.670. The summed E-state index contributed by atoms with van der Waals surface area (Å²) in [4.78, 5) is 1.28. The normalized spacial score (nSPS) is 10.9. The maximum Gasteiger partial charge on any atom is 0.172 e. The van der Waals surface area contributed by atoms with Crippen LogP contribution in [0.3, 0.4) is 0 Å². The van der Waals surface area contributed by atoms with Crippen LogP contribution in [0.25, 0.3) is 10.1 Å². The Morgan fingerprint density at radius 3 is 2.85 bits per heavy atom. The van der Waals surface area contributed by atoms with Gasteiger partial charge >= 0.3 is 0 Å². The summed E-state index contributed by atoms with van der Waals surface area (Å²) in [7, 11) is 0. The van der Waals surface area contributed by atoms with Gasteiger partial charge in [0.25, 0.3) is 0 Å². The van der Waals surface area contributed by atoms with Crippen LogP contribution >= 0.6 is 23.1 Å². The predicted molar refractivity (Wildman–Crippen MR) is 60.0 cm³/mol. The van der Waals surface area contributed by atoms with Crippen LogP contribution in [-0.2, 0) is 0 Å². The van der Waals surface area contributed by atoms with Crippen molar-refractivity contribution in [1.82, 2.24) is 0 Å². The second-order valence-electron chi connectivity index (χ2n) is 2.92. The van der Waals surface area contributed by atoms with Crippen LogP contribution in [0, 0.1) is 6.92 Å². The van der Waals surface area contributed by atoms with Gasteiger partial charge in [-0.25, -0.2) is 0 Å². The Bertz CT molecular complexity index is 445. The minimum atomic E-state index is 0.399. The first kappa shape index (κ1) is 8.91. The lowest BCUT2D eigenvalue weighted by Crippen LogP contribution is -1.77. The Labute approximate surface area is 85.4 Å². The molecule has 0 atom stereocenters. The third-order valence-electron chi connectivity index (χ3n) is 2.03. The maximum atomic E-state index is 9.38. The lowest BCUT2D eigenvalue weighted by atomic mass is 10.2. The molecule has 2 rings (SSSR count). The number of thioether (sulfide) groups is 1. The van der Waals surface area contributed by atoms with Crippen LogP contribution in [0.1, 0.15) is 5.56 Å². The fraction of sp³-hybridized carbons (Fsp3) is 0.200. The van der Waals surface area contributed by atoms with Crippen molar-refractivity contribution in [3.05, 3.63) is 23.8 Å². The first-order chi connectivity index (χ1) is 6.22. The zero-order chi connectivity index (χ0) is 9.42. The largest absolute Gasteiger partial charge is 0.499 e. The summed E-state index contributed by atoms with van der Waals surface area (Å²) in [5.74, 6) is 0. The van der Waals surface area contributed by atoms with E-state index < -0.39 is 0 Å². The predicted octanol–water partition coefficient (Wildman–Crippen LogP) is 3.64. The second-order valence-corrected chi connectivity index (χ2v) is 4.77. The van der Waals surface area contributed by atoms with Gasteiger partial charge < -0.3 is 5.11 Å². The molecule has 0 aliphatic heterocycles. The Balaban J connectivity index is 2.82. The van der Waals surface area contributed by atoms with Gasteiger partial charge in [0.1, 0.15) is 0 Å². The monoisotopic (exact) mass is 210 g/mol. The number of thiophene rings is 1. The molecular weight excluding hydrogens is 200 g/mol. The van der Waals surface area contributed by atoms with Crippen molar-refractivity contribution in [3.8, 4) is 5.06 Å². The van der Waals surface area contributed by atoms with Crippen molar-refractivity contribution >= 4 is 33.2 Å². The van der Waals surface area contributed by atoms with E-state index in [1.165, 1.54) is 26.5 Å². The zero-order valence-electron chi connectivity index (χ0n) is 7.50. The SMILES string of the molecule is CSc1c(C)ccc2cc(O)sc12. The molecule has 0 amide bonds. The molecule has 0 spiro atoms. The number of rotatable bonds is 1. The summed E-state index contributed by atoms with van der Waals surface area (Å²) in [6.07, 6.45) is 2.07. The molecule has 1 N–H and O–H groups in total. The molecule has 0 saturated carbocycles. The molecule has 0 aliphatic rings. The third-order valence-corrected chi connectivity index (χ3v) is 4.06. The van der Waals surface area contributed by atoms with E-state index in [0.29, 0.717) is 5.06 Å². The lowest BCUT2D eigenvalue weighted by molar-refractivity contribution is 0.491. The van der Waals surface area contributed by atoms with E-state index in [1.54, 1.807) is 11.8 Å². The summed E-state index contributed by atoms with van der Waals surface area (Å²) in [6.45, 7) is 2.10.